The summed E-state index contributed by atoms with van der Waals surface area (Å²) in [4.78, 5) is 14.0. The van der Waals surface area contributed by atoms with Gasteiger partial charge in [-0.3, -0.25) is 9.48 Å². The summed E-state index contributed by atoms with van der Waals surface area (Å²) in [6.45, 7) is 0. The minimum atomic E-state index is -0.135. The van der Waals surface area contributed by atoms with E-state index in [1.807, 2.05) is 31.1 Å². The van der Waals surface area contributed by atoms with Crippen molar-refractivity contribution >= 4 is 17.4 Å². The molecule has 0 saturated heterocycles. The van der Waals surface area contributed by atoms with E-state index in [0.717, 1.165) is 5.69 Å². The van der Waals surface area contributed by atoms with E-state index < -0.39 is 0 Å². The number of hydrogen-bond donors (Lipinski definition) is 1. The molecule has 2 rings (SSSR count). The van der Waals surface area contributed by atoms with Crippen molar-refractivity contribution in [3.8, 4) is 0 Å². The molecule has 94 valence electrons. The molecule has 1 aromatic carbocycles. The third-order valence-electron chi connectivity index (χ3n) is 2.71. The average molecular weight is 244 g/mol. The number of aromatic nitrogens is 2. The van der Waals surface area contributed by atoms with Gasteiger partial charge in [0.1, 0.15) is 5.82 Å². The summed E-state index contributed by atoms with van der Waals surface area (Å²) < 4.78 is 1.62. The van der Waals surface area contributed by atoms with E-state index in [1.54, 1.807) is 36.1 Å². The highest BCUT2D eigenvalue weighted by atomic mass is 16.1. The molecule has 1 heterocycles. The summed E-state index contributed by atoms with van der Waals surface area (Å²) >= 11 is 0. The molecule has 0 saturated carbocycles. The van der Waals surface area contributed by atoms with Gasteiger partial charge in [-0.2, -0.15) is 5.10 Å². The summed E-state index contributed by atoms with van der Waals surface area (Å²) in [5.41, 5.74) is 1.69. The minimum Gasteiger partial charge on any atom is -0.378 e. The normalized spacial score (nSPS) is 10.2. The highest BCUT2D eigenvalue weighted by Gasteiger charge is 2.08. The molecule has 1 N–H and O–H groups in total. The molecule has 0 unspecified atom stereocenters. The summed E-state index contributed by atoms with van der Waals surface area (Å²) in [5.74, 6) is 0.542. The molecule has 0 radical (unpaired) electrons. The Kier molecular flexibility index (Phi) is 3.32. The number of carbonyl (C=O) groups excluding carboxylic acids is 1. The van der Waals surface area contributed by atoms with Gasteiger partial charge in [0.2, 0.25) is 0 Å². The van der Waals surface area contributed by atoms with E-state index in [2.05, 4.69) is 10.4 Å². The third kappa shape index (κ3) is 2.51. The standard InChI is InChI=1S/C13H16N4O/c1-16(2)11-6-4-10(5-7-11)13(18)15-12-8-9-14-17(12)3/h4-9H,1-3H3,(H,15,18). The van der Waals surface area contributed by atoms with Crippen LogP contribution in [-0.4, -0.2) is 29.8 Å². The Morgan fingerprint density at radius 2 is 1.89 bits per heavy atom. The van der Waals surface area contributed by atoms with Gasteiger partial charge in [-0.25, -0.2) is 0 Å². The van der Waals surface area contributed by atoms with Gasteiger partial charge < -0.3 is 10.2 Å². The molecule has 5 nitrogen and oxygen atoms in total. The van der Waals surface area contributed by atoms with E-state index in [-0.39, 0.29) is 5.91 Å². The number of hydrogen-bond acceptors (Lipinski definition) is 3. The number of benzene rings is 1. The zero-order chi connectivity index (χ0) is 13.1. The largest absolute Gasteiger partial charge is 0.378 e. The summed E-state index contributed by atoms with van der Waals surface area (Å²) in [6, 6.07) is 9.20. The molecule has 0 atom stereocenters. The first-order valence-corrected chi connectivity index (χ1v) is 5.64. The van der Waals surface area contributed by atoms with Gasteiger partial charge in [0.05, 0.1) is 6.20 Å². The van der Waals surface area contributed by atoms with Gasteiger partial charge >= 0.3 is 0 Å². The SMILES string of the molecule is CN(C)c1ccc(C(=O)Nc2ccnn2C)cc1. The van der Waals surface area contributed by atoms with Crippen molar-refractivity contribution in [1.82, 2.24) is 9.78 Å². The molecular weight excluding hydrogens is 228 g/mol. The van der Waals surface area contributed by atoms with Gasteiger partial charge in [-0.1, -0.05) is 0 Å². The maximum absolute atomic E-state index is 12.0. The van der Waals surface area contributed by atoms with E-state index in [0.29, 0.717) is 11.4 Å². The van der Waals surface area contributed by atoms with Crippen LogP contribution < -0.4 is 10.2 Å². The molecule has 2 aromatic rings. The van der Waals surface area contributed by atoms with Crippen LogP contribution in [0.15, 0.2) is 36.5 Å². The fourth-order valence-corrected chi connectivity index (χ4v) is 1.60. The number of nitrogens with one attached hydrogen (secondary N) is 1. The number of aryl methyl sites for hydroxylation is 1. The average Bonchev–Trinajstić information content (AvgIpc) is 2.75. The van der Waals surface area contributed by atoms with Gasteiger partial charge in [0.15, 0.2) is 0 Å². The molecule has 1 aromatic heterocycles. The molecular formula is C13H16N4O. The van der Waals surface area contributed by atoms with Crippen LogP contribution in [0.25, 0.3) is 0 Å². The lowest BCUT2D eigenvalue weighted by atomic mass is 10.2. The van der Waals surface area contributed by atoms with Gasteiger partial charge in [0.25, 0.3) is 5.91 Å². The molecule has 0 aliphatic heterocycles. The van der Waals surface area contributed by atoms with Crippen LogP contribution in [0, 0.1) is 0 Å². The predicted molar refractivity (Wildman–Crippen MR) is 71.9 cm³/mol. The Labute approximate surface area is 106 Å². The fraction of sp³-hybridized carbons (Fsp3) is 0.231. The van der Waals surface area contributed by atoms with Crippen LogP contribution in [0.4, 0.5) is 11.5 Å². The maximum Gasteiger partial charge on any atom is 0.256 e. The number of carbonyl (C=O) groups is 1. The van der Waals surface area contributed by atoms with Crippen LogP contribution in [0.5, 0.6) is 0 Å². The van der Waals surface area contributed by atoms with Crippen molar-refractivity contribution < 1.29 is 4.79 Å². The molecule has 1 amide bonds. The molecule has 18 heavy (non-hydrogen) atoms. The van der Waals surface area contributed by atoms with Crippen molar-refractivity contribution in [2.45, 2.75) is 0 Å². The number of nitrogens with zero attached hydrogens (tertiary/aromatic N) is 3. The molecule has 0 spiro atoms. The summed E-state index contributed by atoms with van der Waals surface area (Å²) in [6.07, 6.45) is 1.64. The van der Waals surface area contributed by atoms with Crippen molar-refractivity contribution in [1.29, 1.82) is 0 Å². The van der Waals surface area contributed by atoms with E-state index in [4.69, 9.17) is 0 Å². The quantitative estimate of drug-likeness (QED) is 0.894. The predicted octanol–water partition coefficient (Wildman–Crippen LogP) is 1.74. The first-order chi connectivity index (χ1) is 8.58. The first-order valence-electron chi connectivity index (χ1n) is 5.64. The number of anilines is 2. The van der Waals surface area contributed by atoms with E-state index in [1.165, 1.54) is 0 Å². The monoisotopic (exact) mass is 244 g/mol. The lowest BCUT2D eigenvalue weighted by Crippen LogP contribution is -2.15. The molecule has 0 aliphatic rings. The Morgan fingerprint density at radius 1 is 1.22 bits per heavy atom. The van der Waals surface area contributed by atoms with Crippen molar-refractivity contribution in [3.63, 3.8) is 0 Å². The molecule has 5 heteroatoms. The smallest absolute Gasteiger partial charge is 0.256 e. The molecule has 0 aliphatic carbocycles. The van der Waals surface area contributed by atoms with E-state index in [9.17, 15) is 4.79 Å². The second-order valence-electron chi connectivity index (χ2n) is 4.24. The Hall–Kier alpha value is -2.30. The zero-order valence-electron chi connectivity index (χ0n) is 10.7. The highest BCUT2D eigenvalue weighted by Crippen LogP contribution is 2.13. The van der Waals surface area contributed by atoms with Crippen LogP contribution in [0.1, 0.15) is 10.4 Å². The first kappa shape index (κ1) is 12.2. The minimum absolute atomic E-state index is 0.135. The van der Waals surface area contributed by atoms with Crippen molar-refractivity contribution in [3.05, 3.63) is 42.1 Å². The number of amides is 1. The third-order valence-corrected chi connectivity index (χ3v) is 2.71. The lowest BCUT2D eigenvalue weighted by molar-refractivity contribution is 0.102. The molecule has 0 bridgehead atoms. The maximum atomic E-state index is 12.0. The van der Waals surface area contributed by atoms with Crippen LogP contribution in [-0.2, 0) is 7.05 Å². The van der Waals surface area contributed by atoms with Gasteiger partial charge in [-0.05, 0) is 24.3 Å². The summed E-state index contributed by atoms with van der Waals surface area (Å²) in [5, 5.41) is 6.80. The summed E-state index contributed by atoms with van der Waals surface area (Å²) in [7, 11) is 5.71. The highest BCUT2D eigenvalue weighted by molar-refractivity contribution is 6.03. The van der Waals surface area contributed by atoms with Gasteiger partial charge in [-0.15, -0.1) is 0 Å². The second-order valence-corrected chi connectivity index (χ2v) is 4.24. The van der Waals surface area contributed by atoms with Crippen LogP contribution in [0.2, 0.25) is 0 Å². The van der Waals surface area contributed by atoms with Gasteiger partial charge in [0, 0.05) is 38.5 Å². The van der Waals surface area contributed by atoms with Crippen LogP contribution in [0.3, 0.4) is 0 Å². The topological polar surface area (TPSA) is 50.2 Å². The Bertz CT molecular complexity index is 542. The van der Waals surface area contributed by atoms with Crippen LogP contribution >= 0.6 is 0 Å². The number of rotatable bonds is 3. The second kappa shape index (κ2) is 4.91. The van der Waals surface area contributed by atoms with Crippen molar-refractivity contribution in [2.75, 3.05) is 24.3 Å². The lowest BCUT2D eigenvalue weighted by Gasteiger charge is -2.12. The van der Waals surface area contributed by atoms with E-state index >= 15 is 0 Å². The van der Waals surface area contributed by atoms with Crippen molar-refractivity contribution in [2.24, 2.45) is 7.05 Å². The Morgan fingerprint density at radius 3 is 2.39 bits per heavy atom. The zero-order valence-corrected chi connectivity index (χ0v) is 10.7. The molecule has 0 fully saturated rings. The Balaban J connectivity index is 2.12. The fourth-order valence-electron chi connectivity index (χ4n) is 1.60.